The van der Waals surface area contributed by atoms with Crippen LogP contribution < -0.4 is 24.8 Å². The van der Waals surface area contributed by atoms with E-state index in [1.807, 2.05) is 146 Å². The summed E-state index contributed by atoms with van der Waals surface area (Å²) in [6.45, 7) is 0. The Morgan fingerprint density at radius 1 is 0.686 bits per heavy atom. The van der Waals surface area contributed by atoms with Gasteiger partial charge in [0.1, 0.15) is 11.4 Å². The highest BCUT2D eigenvalue weighted by Crippen LogP contribution is 2.34. The maximum absolute atomic E-state index is 11.9. The van der Waals surface area contributed by atoms with Gasteiger partial charge >= 0.3 is 5.82 Å². The Kier molecular flexibility index (Phi) is 9.50. The Morgan fingerprint density at radius 3 is 1.92 bits per heavy atom. The van der Waals surface area contributed by atoms with Crippen LogP contribution in [0.25, 0.3) is 33.9 Å². The number of hydrogen-bond acceptors (Lipinski definition) is 8. The number of methoxy groups -OCH3 is 2. The van der Waals surface area contributed by atoms with Crippen LogP contribution >= 0.6 is 0 Å². The van der Waals surface area contributed by atoms with E-state index in [0.29, 0.717) is 39.9 Å². The van der Waals surface area contributed by atoms with Gasteiger partial charge in [-0.15, -0.1) is 10.0 Å². The minimum atomic E-state index is 0.0200. The lowest BCUT2D eigenvalue weighted by molar-refractivity contribution is -0.734. The Bertz CT molecular complexity index is 2280. The highest BCUT2D eigenvalue weighted by Gasteiger charge is 2.26. The number of nitrogens with one attached hydrogen (secondary N) is 1. The maximum Gasteiger partial charge on any atom is 0.340 e. The van der Waals surface area contributed by atoms with Crippen molar-refractivity contribution >= 4 is 17.2 Å². The summed E-state index contributed by atoms with van der Waals surface area (Å²) in [4.78, 5) is 15.4. The van der Waals surface area contributed by atoms with E-state index in [1.165, 1.54) is 5.12 Å². The summed E-state index contributed by atoms with van der Waals surface area (Å²) in [6.07, 6.45) is 0. The molecule has 1 aromatic heterocycles. The van der Waals surface area contributed by atoms with Crippen LogP contribution in [0.1, 0.15) is 5.56 Å². The van der Waals surface area contributed by atoms with E-state index < -0.39 is 0 Å². The zero-order valence-corrected chi connectivity index (χ0v) is 27.9. The van der Waals surface area contributed by atoms with E-state index in [-0.39, 0.29) is 5.84 Å². The summed E-state index contributed by atoms with van der Waals surface area (Å²) in [6, 6.07) is 49.9. The molecule has 0 aliphatic carbocycles. The third kappa shape index (κ3) is 7.03. The quantitative estimate of drug-likeness (QED) is 0.0490. The highest BCUT2D eigenvalue weighted by molar-refractivity contribution is 6.00. The summed E-state index contributed by atoms with van der Waals surface area (Å²) >= 11 is 0. The molecule has 7 rings (SSSR count). The lowest BCUT2D eigenvalue weighted by Gasteiger charge is -2.23. The molecule has 0 saturated heterocycles. The minimum absolute atomic E-state index is 0.0200. The molecule has 0 saturated carbocycles. The summed E-state index contributed by atoms with van der Waals surface area (Å²) in [5.74, 6) is 1.75. The molecule has 7 aromatic rings. The normalized spacial score (nSPS) is 11.1. The fourth-order valence-electron chi connectivity index (χ4n) is 5.50. The summed E-state index contributed by atoms with van der Waals surface area (Å²) < 4.78 is 11.8. The van der Waals surface area contributed by atoms with Crippen LogP contribution in [0.4, 0.5) is 11.4 Å². The second-order valence-corrected chi connectivity index (χ2v) is 11.2. The number of tetrazole rings is 1. The first-order chi connectivity index (χ1) is 25.1. The van der Waals surface area contributed by atoms with E-state index in [1.54, 1.807) is 35.9 Å². The number of ether oxygens (including phenoxy) is 2. The molecule has 6 aromatic carbocycles. The van der Waals surface area contributed by atoms with Crippen molar-refractivity contribution in [2.45, 2.75) is 0 Å². The lowest BCUT2D eigenvalue weighted by atomic mass is 10.0. The highest BCUT2D eigenvalue weighted by atomic mass is 16.5. The number of amidine groups is 1. The van der Waals surface area contributed by atoms with Crippen LogP contribution in [-0.2, 0) is 0 Å². The average molecular weight is 674 g/mol. The van der Waals surface area contributed by atoms with Crippen LogP contribution in [0, 0.1) is 4.91 Å². The van der Waals surface area contributed by atoms with Crippen LogP contribution in [0.2, 0.25) is 0 Å². The van der Waals surface area contributed by atoms with Crippen LogP contribution in [0.5, 0.6) is 11.5 Å². The van der Waals surface area contributed by atoms with E-state index in [2.05, 4.69) is 15.7 Å². The van der Waals surface area contributed by atoms with E-state index in [4.69, 9.17) is 19.7 Å². The first kappa shape index (κ1) is 32.4. The third-order valence-electron chi connectivity index (χ3n) is 8.05. The van der Waals surface area contributed by atoms with Gasteiger partial charge in [0.05, 0.1) is 36.3 Å². The molecule has 0 unspecified atom stereocenters. The SMILES string of the molecule is COc1cc(-c2ccc(-[n+]3nc(-c4ccccc4)nn3-c3ccccc3)c(OC)c2)ccc1NN(N=C(N=O)c1ccccc1)c1ccccc1. The van der Waals surface area contributed by atoms with Crippen molar-refractivity contribution in [2.75, 3.05) is 24.8 Å². The molecule has 0 bridgehead atoms. The largest absolute Gasteiger partial charge is 0.494 e. The van der Waals surface area contributed by atoms with E-state index in [9.17, 15) is 4.91 Å². The standard InChI is InChI=1S/C40H33N8O3/c1-50-37-27-31(23-25-35(37)41-46(33-19-11-5-12-20-33)42-40(45-49)30-17-9-4-10-18-30)32-24-26-36(38(28-32)51-2)48-44-39(29-15-7-3-8-16-29)43-47(48)34-21-13-6-14-22-34/h3-28,41H,1-2H3/q+1. The number of para-hydroxylation sites is 2. The van der Waals surface area contributed by atoms with Gasteiger partial charge in [0.25, 0.3) is 0 Å². The number of hydrazine groups is 1. The number of anilines is 2. The first-order valence-electron chi connectivity index (χ1n) is 16.1. The van der Waals surface area contributed by atoms with Gasteiger partial charge in [-0.2, -0.15) is 5.12 Å². The lowest BCUT2D eigenvalue weighted by Crippen LogP contribution is -2.43. The second kappa shape index (κ2) is 15.0. The summed E-state index contributed by atoms with van der Waals surface area (Å²) in [7, 11) is 3.23. The van der Waals surface area contributed by atoms with Gasteiger partial charge in [-0.1, -0.05) is 91.0 Å². The van der Waals surface area contributed by atoms with Crippen molar-refractivity contribution in [1.82, 2.24) is 15.0 Å². The van der Waals surface area contributed by atoms with Crippen molar-refractivity contribution in [3.8, 4) is 45.4 Å². The number of rotatable bonds is 11. The van der Waals surface area contributed by atoms with Crippen LogP contribution in [0.15, 0.2) is 168 Å². The first-order valence-corrected chi connectivity index (χ1v) is 16.1. The smallest absolute Gasteiger partial charge is 0.340 e. The Hall–Kier alpha value is -7.14. The van der Waals surface area contributed by atoms with Crippen LogP contribution in [0.3, 0.4) is 0 Å². The molecular formula is C40H33N8O3+. The molecule has 51 heavy (non-hydrogen) atoms. The van der Waals surface area contributed by atoms with Gasteiger partial charge in [-0.25, -0.2) is 0 Å². The zero-order valence-electron chi connectivity index (χ0n) is 27.9. The molecule has 11 heteroatoms. The number of aromatic nitrogens is 4. The number of nitrogens with zero attached hydrogens (tertiary/aromatic N) is 7. The molecule has 0 atom stereocenters. The summed E-state index contributed by atoms with van der Waals surface area (Å²) in [5, 5.41) is 19.0. The minimum Gasteiger partial charge on any atom is -0.494 e. The van der Waals surface area contributed by atoms with Gasteiger partial charge < -0.3 is 9.47 Å². The van der Waals surface area contributed by atoms with Crippen molar-refractivity contribution < 1.29 is 14.3 Å². The van der Waals surface area contributed by atoms with Crippen LogP contribution in [-0.4, -0.2) is 35.0 Å². The number of nitroso groups, excluding NO2 is 1. The van der Waals surface area contributed by atoms with E-state index in [0.717, 1.165) is 22.4 Å². The number of hydrazone groups is 1. The molecule has 1 heterocycles. The Balaban J connectivity index is 1.24. The maximum atomic E-state index is 11.9. The Labute approximate surface area is 294 Å². The molecule has 0 amide bonds. The molecule has 0 aliphatic rings. The topological polar surface area (TPSA) is 110 Å². The van der Waals surface area contributed by atoms with E-state index >= 15 is 0 Å². The molecule has 11 nitrogen and oxygen atoms in total. The van der Waals surface area contributed by atoms with Crippen molar-refractivity contribution in [3.63, 3.8) is 0 Å². The molecular weight excluding hydrogens is 640 g/mol. The predicted molar refractivity (Wildman–Crippen MR) is 198 cm³/mol. The molecule has 0 spiro atoms. The van der Waals surface area contributed by atoms with Gasteiger partial charge in [0.2, 0.25) is 11.5 Å². The monoisotopic (exact) mass is 673 g/mol. The number of benzene rings is 6. The molecule has 0 fully saturated rings. The summed E-state index contributed by atoms with van der Waals surface area (Å²) in [5.41, 5.74) is 9.43. The average Bonchev–Trinajstić information content (AvgIpc) is 3.66. The van der Waals surface area contributed by atoms with Gasteiger partial charge in [0, 0.05) is 10.4 Å². The fraction of sp³-hybridized carbons (Fsp3) is 0.0500. The molecule has 0 aliphatic heterocycles. The Morgan fingerprint density at radius 2 is 1.27 bits per heavy atom. The zero-order chi connectivity index (χ0) is 35.0. The predicted octanol–water partition coefficient (Wildman–Crippen LogP) is 7.86. The van der Waals surface area contributed by atoms with Gasteiger partial charge in [0.15, 0.2) is 5.75 Å². The van der Waals surface area contributed by atoms with Crippen molar-refractivity contribution in [2.24, 2.45) is 10.3 Å². The number of hydrogen-bond donors (Lipinski definition) is 1. The molecule has 0 radical (unpaired) electrons. The fourth-order valence-corrected chi connectivity index (χ4v) is 5.50. The van der Waals surface area contributed by atoms with Crippen molar-refractivity contribution in [1.29, 1.82) is 0 Å². The third-order valence-corrected chi connectivity index (χ3v) is 8.05. The van der Waals surface area contributed by atoms with Gasteiger partial charge in [-0.3, -0.25) is 5.43 Å². The van der Waals surface area contributed by atoms with Gasteiger partial charge in [-0.05, 0) is 92.9 Å². The molecule has 1 N–H and O–H groups in total. The second-order valence-electron chi connectivity index (χ2n) is 11.2. The molecule has 250 valence electrons. The van der Waals surface area contributed by atoms with Crippen molar-refractivity contribution in [3.05, 3.63) is 168 Å².